The molecular formula is C41H78N2O8. The van der Waals surface area contributed by atoms with E-state index in [0.717, 1.165) is 77.0 Å². The molecule has 2 fully saturated rings. The molecule has 51 heavy (non-hydrogen) atoms. The topological polar surface area (TPSA) is 125 Å². The van der Waals surface area contributed by atoms with Gasteiger partial charge in [0, 0.05) is 72.7 Å². The zero-order valence-electron chi connectivity index (χ0n) is 34.5. The van der Waals surface area contributed by atoms with Gasteiger partial charge in [-0.25, -0.2) is 0 Å². The average molecular weight is 727 g/mol. The minimum Gasteiger partial charge on any atom is -0.462 e. The van der Waals surface area contributed by atoms with Crippen molar-refractivity contribution in [3.05, 3.63) is 0 Å². The number of hydrogen-bond acceptors (Lipinski definition) is 10. The van der Waals surface area contributed by atoms with Crippen molar-refractivity contribution >= 4 is 11.9 Å². The molecule has 2 saturated heterocycles. The first kappa shape index (κ1) is 45.9. The van der Waals surface area contributed by atoms with Crippen molar-refractivity contribution < 1.29 is 38.4 Å². The molecule has 10 heteroatoms. The molecule has 2 rings (SSSR count). The van der Waals surface area contributed by atoms with Gasteiger partial charge in [0.2, 0.25) is 0 Å². The monoisotopic (exact) mass is 727 g/mol. The van der Waals surface area contributed by atoms with Gasteiger partial charge in [0.25, 0.3) is 0 Å². The van der Waals surface area contributed by atoms with E-state index in [4.69, 9.17) is 23.7 Å². The Morgan fingerprint density at radius 3 is 1.57 bits per heavy atom. The zero-order chi connectivity index (χ0) is 38.3. The van der Waals surface area contributed by atoms with Crippen LogP contribution in [-0.4, -0.2) is 83.8 Å². The fraction of sp³-hybridized carbons (Fsp3) is 0.951. The van der Waals surface area contributed by atoms with Gasteiger partial charge < -0.3 is 39.4 Å². The van der Waals surface area contributed by atoms with Gasteiger partial charge in [-0.05, 0) is 75.2 Å². The first-order valence-corrected chi connectivity index (χ1v) is 20.2. The second-order valence-corrected chi connectivity index (χ2v) is 18.3. The molecule has 0 aromatic rings. The van der Waals surface area contributed by atoms with Crippen LogP contribution in [-0.2, 0) is 33.3 Å². The van der Waals surface area contributed by atoms with Gasteiger partial charge in [-0.15, -0.1) is 0 Å². The minimum atomic E-state index is -1.09. The molecule has 0 amide bonds. The SMILES string of the molecule is CCCCCCC(CCCC)(COC(O)CCC(=O)OC1CC(C)(C)NC(C)(C)C1)COC(CCC(=O)OC1CC(C)(C)NC(C)(C)C1)OCC. The summed E-state index contributed by atoms with van der Waals surface area (Å²) in [6, 6.07) is 0. The highest BCUT2D eigenvalue weighted by molar-refractivity contribution is 5.70. The Morgan fingerprint density at radius 1 is 0.647 bits per heavy atom. The second kappa shape index (κ2) is 21.0. The molecule has 3 unspecified atom stereocenters. The lowest BCUT2D eigenvalue weighted by atomic mass is 9.79. The molecule has 3 atom stereocenters. The molecule has 0 aliphatic carbocycles. The van der Waals surface area contributed by atoms with Gasteiger partial charge in [-0.3, -0.25) is 9.59 Å². The Balaban J connectivity index is 2.00. The highest BCUT2D eigenvalue weighted by Gasteiger charge is 2.41. The number of rotatable bonds is 24. The van der Waals surface area contributed by atoms with Crippen LogP contribution < -0.4 is 10.6 Å². The number of aliphatic hydroxyl groups excluding tert-OH is 1. The van der Waals surface area contributed by atoms with E-state index in [1.165, 1.54) is 0 Å². The molecule has 0 radical (unpaired) electrons. The van der Waals surface area contributed by atoms with Gasteiger partial charge in [0.15, 0.2) is 12.6 Å². The number of nitrogens with one attached hydrogen (secondary N) is 2. The van der Waals surface area contributed by atoms with Gasteiger partial charge in [-0.2, -0.15) is 0 Å². The van der Waals surface area contributed by atoms with Crippen molar-refractivity contribution in [1.82, 2.24) is 10.6 Å². The van der Waals surface area contributed by atoms with Crippen molar-refractivity contribution in [1.29, 1.82) is 0 Å². The average Bonchev–Trinajstić information content (AvgIpc) is 2.98. The lowest BCUT2D eigenvalue weighted by Gasteiger charge is -2.46. The zero-order valence-corrected chi connectivity index (χ0v) is 34.5. The third kappa shape index (κ3) is 18.5. The molecule has 0 saturated carbocycles. The molecule has 0 spiro atoms. The van der Waals surface area contributed by atoms with Crippen LogP contribution in [0, 0.1) is 5.41 Å². The van der Waals surface area contributed by atoms with Crippen LogP contribution in [0.5, 0.6) is 0 Å². The molecular weight excluding hydrogens is 648 g/mol. The smallest absolute Gasteiger partial charge is 0.306 e. The lowest BCUT2D eigenvalue weighted by Crippen LogP contribution is -2.59. The Morgan fingerprint density at radius 2 is 1.10 bits per heavy atom. The number of hydrogen-bond donors (Lipinski definition) is 3. The normalized spacial score (nSPS) is 22.5. The van der Waals surface area contributed by atoms with Crippen molar-refractivity contribution in [2.45, 2.75) is 226 Å². The summed E-state index contributed by atoms with van der Waals surface area (Å²) < 4.78 is 30.4. The molecule has 10 nitrogen and oxygen atoms in total. The van der Waals surface area contributed by atoms with Crippen molar-refractivity contribution in [2.24, 2.45) is 5.41 Å². The summed E-state index contributed by atoms with van der Waals surface area (Å²) in [5.74, 6) is -0.530. The van der Waals surface area contributed by atoms with Crippen molar-refractivity contribution in [3.8, 4) is 0 Å². The van der Waals surface area contributed by atoms with E-state index in [-0.39, 0.29) is 71.0 Å². The number of aliphatic hydroxyl groups is 1. The van der Waals surface area contributed by atoms with E-state index in [0.29, 0.717) is 26.2 Å². The molecule has 0 aromatic carbocycles. The Labute approximate surface area is 311 Å². The van der Waals surface area contributed by atoms with E-state index in [1.807, 2.05) is 6.92 Å². The van der Waals surface area contributed by atoms with Crippen LogP contribution in [0.2, 0.25) is 0 Å². The van der Waals surface area contributed by atoms with E-state index >= 15 is 0 Å². The summed E-state index contributed by atoms with van der Waals surface area (Å²) in [5, 5.41) is 18.2. The Bertz CT molecular complexity index is 999. The van der Waals surface area contributed by atoms with Crippen LogP contribution in [0.15, 0.2) is 0 Å². The maximum absolute atomic E-state index is 13.0. The largest absolute Gasteiger partial charge is 0.462 e. The van der Waals surface area contributed by atoms with E-state index < -0.39 is 12.6 Å². The number of esters is 2. The fourth-order valence-electron chi connectivity index (χ4n) is 8.55. The summed E-state index contributed by atoms with van der Waals surface area (Å²) >= 11 is 0. The molecule has 300 valence electrons. The molecule has 0 bridgehead atoms. The molecule has 2 aliphatic rings. The van der Waals surface area contributed by atoms with Gasteiger partial charge in [0.05, 0.1) is 26.1 Å². The van der Waals surface area contributed by atoms with E-state index in [2.05, 4.69) is 79.9 Å². The molecule has 0 aromatic heterocycles. The predicted molar refractivity (Wildman–Crippen MR) is 203 cm³/mol. The standard InChI is InChI=1S/C41H78N2O8/c1-12-15-17-18-24-41(23-16-13-2,29-48-33(44)19-20-34(45)50-31-25-37(4,5)42-38(6,7)26-31)30-49-36(47-14-3)22-21-35(46)51-32-27-39(8,9)43-40(10,11)28-32/h31-33,36,42-44H,12-30H2,1-11H3. The highest BCUT2D eigenvalue weighted by Crippen LogP contribution is 2.35. The summed E-state index contributed by atoms with van der Waals surface area (Å²) in [7, 11) is 0. The third-order valence-electron chi connectivity index (χ3n) is 10.2. The summed E-state index contributed by atoms with van der Waals surface area (Å²) in [6.45, 7) is 24.6. The summed E-state index contributed by atoms with van der Waals surface area (Å²) in [6.07, 6.45) is 10.3. The molecule has 2 aliphatic heterocycles. The maximum atomic E-state index is 13.0. The fourth-order valence-corrected chi connectivity index (χ4v) is 8.55. The van der Waals surface area contributed by atoms with Crippen molar-refractivity contribution in [3.63, 3.8) is 0 Å². The molecule has 3 N–H and O–H groups in total. The van der Waals surface area contributed by atoms with Crippen LogP contribution >= 0.6 is 0 Å². The predicted octanol–water partition coefficient (Wildman–Crippen LogP) is 8.11. The summed E-state index contributed by atoms with van der Waals surface area (Å²) in [4.78, 5) is 25.8. The van der Waals surface area contributed by atoms with E-state index in [1.54, 1.807) is 0 Å². The molecule has 2 heterocycles. The number of unbranched alkanes of at least 4 members (excludes halogenated alkanes) is 4. The number of carbonyl (C=O) groups excluding carboxylic acids is 2. The van der Waals surface area contributed by atoms with Gasteiger partial charge in [-0.1, -0.05) is 52.4 Å². The maximum Gasteiger partial charge on any atom is 0.306 e. The quantitative estimate of drug-likeness (QED) is 0.0511. The first-order chi connectivity index (χ1) is 23.7. The van der Waals surface area contributed by atoms with E-state index in [9.17, 15) is 14.7 Å². The van der Waals surface area contributed by atoms with Crippen LogP contribution in [0.4, 0.5) is 0 Å². The number of carbonyl (C=O) groups is 2. The van der Waals surface area contributed by atoms with Crippen LogP contribution in [0.3, 0.4) is 0 Å². The number of ether oxygens (including phenoxy) is 5. The first-order valence-electron chi connectivity index (χ1n) is 20.2. The second-order valence-electron chi connectivity index (χ2n) is 18.3. The van der Waals surface area contributed by atoms with Gasteiger partial charge in [0.1, 0.15) is 12.2 Å². The van der Waals surface area contributed by atoms with Crippen LogP contribution in [0.1, 0.15) is 179 Å². The minimum absolute atomic E-state index is 0.0930. The number of piperidine rings is 2. The van der Waals surface area contributed by atoms with Crippen LogP contribution in [0.25, 0.3) is 0 Å². The Kier molecular flexibility index (Phi) is 18.9. The Hall–Kier alpha value is -1.30. The van der Waals surface area contributed by atoms with Crippen molar-refractivity contribution in [2.75, 3.05) is 19.8 Å². The lowest BCUT2D eigenvalue weighted by molar-refractivity contribution is -0.191. The van der Waals surface area contributed by atoms with Gasteiger partial charge >= 0.3 is 11.9 Å². The summed E-state index contributed by atoms with van der Waals surface area (Å²) in [5.41, 5.74) is -0.794. The third-order valence-corrected chi connectivity index (χ3v) is 10.2. The highest BCUT2D eigenvalue weighted by atomic mass is 16.7.